The molecule has 2 aromatic rings. The van der Waals surface area contributed by atoms with E-state index in [4.69, 9.17) is 4.98 Å². The monoisotopic (exact) mass is 472 g/mol. The maximum Gasteiger partial charge on any atom is 0.223 e. The Labute approximate surface area is 200 Å². The van der Waals surface area contributed by atoms with Crippen LogP contribution in [-0.2, 0) is 11.2 Å². The van der Waals surface area contributed by atoms with Crippen molar-refractivity contribution in [3.63, 3.8) is 0 Å². The third-order valence-electron chi connectivity index (χ3n) is 8.30. The summed E-state index contributed by atoms with van der Waals surface area (Å²) in [5.41, 5.74) is 1.04. The quantitative estimate of drug-likeness (QED) is 0.564. The highest BCUT2D eigenvalue weighted by Crippen LogP contribution is 2.63. The lowest BCUT2D eigenvalue weighted by Crippen LogP contribution is -2.57. The number of pyridine rings is 1. The molecule has 1 fully saturated rings. The number of hydrogen-bond acceptors (Lipinski definition) is 7. The molecule has 1 amide bonds. The van der Waals surface area contributed by atoms with Gasteiger partial charge in [-0.3, -0.25) is 9.78 Å². The Morgan fingerprint density at radius 2 is 2.09 bits per heavy atom. The van der Waals surface area contributed by atoms with Gasteiger partial charge in [0, 0.05) is 41.9 Å². The molecule has 5 atom stereocenters. The van der Waals surface area contributed by atoms with Gasteiger partial charge in [-0.1, -0.05) is 13.8 Å². The standard InChI is InChI=1S/C25H36N4O3S/c1-5-29(6-2)21(32)12-17-22-18(33-23(28-22)27-16-8-7-11-26-14-16)13-19-24(17,3)10-9-20(31)25(19,4)15-30/h7-8,11,14,17,19-20,30-31H,5-6,9-10,12-13,15H2,1-4H3,(H,27,28)/t17-,19+,20+,24-,25-/m0/s1. The van der Waals surface area contributed by atoms with E-state index in [2.05, 4.69) is 17.2 Å². The van der Waals surface area contributed by atoms with Crippen LogP contribution in [0.4, 0.5) is 10.8 Å². The van der Waals surface area contributed by atoms with Crippen LogP contribution in [0.3, 0.4) is 0 Å². The molecule has 0 saturated heterocycles. The predicted molar refractivity (Wildman–Crippen MR) is 131 cm³/mol. The van der Waals surface area contributed by atoms with E-state index in [1.807, 2.05) is 37.8 Å². The lowest BCUT2D eigenvalue weighted by molar-refractivity contribution is -0.147. The summed E-state index contributed by atoms with van der Waals surface area (Å²) in [6.45, 7) is 9.57. The zero-order valence-corrected chi connectivity index (χ0v) is 20.9. The van der Waals surface area contributed by atoms with Gasteiger partial charge >= 0.3 is 0 Å². The Morgan fingerprint density at radius 1 is 1.33 bits per heavy atom. The number of aliphatic hydroxyl groups is 2. The van der Waals surface area contributed by atoms with Gasteiger partial charge in [-0.25, -0.2) is 4.98 Å². The van der Waals surface area contributed by atoms with Gasteiger partial charge in [0.15, 0.2) is 5.13 Å². The average Bonchev–Trinajstić information content (AvgIpc) is 3.21. The molecule has 2 heterocycles. The zero-order valence-electron chi connectivity index (χ0n) is 20.0. The maximum atomic E-state index is 13.3. The van der Waals surface area contributed by atoms with E-state index >= 15 is 0 Å². The summed E-state index contributed by atoms with van der Waals surface area (Å²) in [4.78, 5) is 25.5. The summed E-state index contributed by atoms with van der Waals surface area (Å²) in [6, 6.07) is 3.83. The molecule has 0 unspecified atom stereocenters. The predicted octanol–water partition coefficient (Wildman–Crippen LogP) is 3.96. The van der Waals surface area contributed by atoms with Crippen molar-refractivity contribution < 1.29 is 15.0 Å². The van der Waals surface area contributed by atoms with E-state index in [-0.39, 0.29) is 29.8 Å². The molecule has 2 aliphatic carbocycles. The molecule has 0 bridgehead atoms. The number of nitrogens with one attached hydrogen (secondary N) is 1. The average molecular weight is 473 g/mol. The molecule has 4 rings (SSSR count). The molecule has 3 N–H and O–H groups in total. The highest BCUT2D eigenvalue weighted by Gasteiger charge is 2.59. The first-order valence-corrected chi connectivity index (χ1v) is 12.8. The molecule has 0 radical (unpaired) electrons. The Bertz CT molecular complexity index is 979. The van der Waals surface area contributed by atoms with Crippen LogP contribution in [0.25, 0.3) is 0 Å². The number of aromatic nitrogens is 2. The minimum absolute atomic E-state index is 0.0570. The summed E-state index contributed by atoms with van der Waals surface area (Å²) < 4.78 is 0. The molecular weight excluding hydrogens is 436 g/mol. The number of fused-ring (bicyclic) bond motifs is 2. The number of amides is 1. The smallest absolute Gasteiger partial charge is 0.223 e. The molecule has 33 heavy (non-hydrogen) atoms. The highest BCUT2D eigenvalue weighted by atomic mass is 32.1. The SMILES string of the molecule is CCN(CC)C(=O)C[C@H]1c2nc(Nc3cccnc3)sc2C[C@H]2[C@](C)(CO)[C@H](O)CC[C@]21C. The van der Waals surface area contributed by atoms with E-state index in [9.17, 15) is 15.0 Å². The van der Waals surface area contributed by atoms with Gasteiger partial charge in [0.1, 0.15) is 0 Å². The summed E-state index contributed by atoms with van der Waals surface area (Å²) in [5, 5.41) is 25.4. The third kappa shape index (κ3) is 4.17. The van der Waals surface area contributed by atoms with Crippen molar-refractivity contribution in [1.29, 1.82) is 0 Å². The number of hydrogen-bond donors (Lipinski definition) is 3. The Kier molecular flexibility index (Phi) is 6.80. The number of rotatable bonds is 7. The zero-order chi connectivity index (χ0) is 23.8. The van der Waals surface area contributed by atoms with Crippen LogP contribution in [0, 0.1) is 16.7 Å². The van der Waals surface area contributed by atoms with Crippen molar-refractivity contribution in [3.8, 4) is 0 Å². The Morgan fingerprint density at radius 3 is 2.73 bits per heavy atom. The number of carbonyl (C=O) groups excluding carboxylic acids is 1. The van der Waals surface area contributed by atoms with Crippen LogP contribution in [0.1, 0.15) is 63.4 Å². The molecule has 8 heteroatoms. The Balaban J connectivity index is 1.76. The fourth-order valence-electron chi connectivity index (χ4n) is 6.14. The normalized spacial score (nSPS) is 30.9. The molecule has 180 valence electrons. The van der Waals surface area contributed by atoms with Gasteiger partial charge in [0.25, 0.3) is 0 Å². The lowest BCUT2D eigenvalue weighted by Gasteiger charge is -2.58. The van der Waals surface area contributed by atoms with E-state index in [0.717, 1.165) is 34.2 Å². The number of thiazole rings is 1. The first-order chi connectivity index (χ1) is 15.8. The third-order valence-corrected chi connectivity index (χ3v) is 9.31. The number of anilines is 2. The maximum absolute atomic E-state index is 13.3. The minimum Gasteiger partial charge on any atom is -0.396 e. The summed E-state index contributed by atoms with van der Waals surface area (Å²) in [7, 11) is 0. The Hall–Kier alpha value is -2.03. The van der Waals surface area contributed by atoms with Gasteiger partial charge in [0.2, 0.25) is 5.91 Å². The lowest BCUT2D eigenvalue weighted by atomic mass is 9.47. The van der Waals surface area contributed by atoms with E-state index in [0.29, 0.717) is 25.9 Å². The van der Waals surface area contributed by atoms with Gasteiger partial charge < -0.3 is 20.4 Å². The molecule has 1 saturated carbocycles. The molecule has 2 aliphatic rings. The summed E-state index contributed by atoms with van der Waals surface area (Å²) in [5.74, 6) is 0.148. The summed E-state index contributed by atoms with van der Waals surface area (Å²) >= 11 is 1.61. The highest BCUT2D eigenvalue weighted by molar-refractivity contribution is 7.15. The van der Waals surface area contributed by atoms with Crippen molar-refractivity contribution in [1.82, 2.24) is 14.9 Å². The first-order valence-electron chi connectivity index (χ1n) is 12.0. The van der Waals surface area contributed by atoms with Crippen LogP contribution in [-0.4, -0.2) is 56.8 Å². The number of nitrogens with zero attached hydrogens (tertiary/aromatic N) is 3. The van der Waals surface area contributed by atoms with Gasteiger partial charge in [-0.2, -0.15) is 0 Å². The van der Waals surface area contributed by atoms with Gasteiger partial charge in [-0.05, 0) is 56.6 Å². The molecule has 2 aromatic heterocycles. The van der Waals surface area contributed by atoms with Crippen LogP contribution in [0.15, 0.2) is 24.5 Å². The van der Waals surface area contributed by atoms with Crippen molar-refractivity contribution >= 4 is 28.1 Å². The second-order valence-corrected chi connectivity index (χ2v) is 11.1. The second kappa shape index (κ2) is 9.31. The van der Waals surface area contributed by atoms with Gasteiger partial charge in [-0.15, -0.1) is 11.3 Å². The first kappa shape index (κ1) is 24.1. The second-order valence-electron chi connectivity index (χ2n) is 10.00. The van der Waals surface area contributed by atoms with Crippen LogP contribution >= 0.6 is 11.3 Å². The van der Waals surface area contributed by atoms with Crippen LogP contribution in [0.2, 0.25) is 0 Å². The fraction of sp³-hybridized carbons (Fsp3) is 0.640. The topological polar surface area (TPSA) is 98.6 Å². The number of aliphatic hydroxyl groups excluding tert-OH is 2. The minimum atomic E-state index is -0.609. The van der Waals surface area contributed by atoms with Crippen molar-refractivity contribution in [3.05, 3.63) is 35.1 Å². The summed E-state index contributed by atoms with van der Waals surface area (Å²) in [6.07, 6.45) is 5.54. The molecule has 0 aliphatic heterocycles. The number of carbonyl (C=O) groups is 1. The van der Waals surface area contributed by atoms with E-state index in [1.165, 1.54) is 0 Å². The molecule has 7 nitrogen and oxygen atoms in total. The molecule has 0 aromatic carbocycles. The van der Waals surface area contributed by atoms with Crippen molar-refractivity contribution in [2.24, 2.45) is 16.7 Å². The van der Waals surface area contributed by atoms with Crippen molar-refractivity contribution in [2.45, 2.75) is 65.4 Å². The molecule has 0 spiro atoms. The van der Waals surface area contributed by atoms with Crippen LogP contribution in [0.5, 0.6) is 0 Å². The van der Waals surface area contributed by atoms with Crippen LogP contribution < -0.4 is 5.32 Å². The molecular formula is C25H36N4O3S. The van der Waals surface area contributed by atoms with Crippen molar-refractivity contribution in [2.75, 3.05) is 25.0 Å². The van der Waals surface area contributed by atoms with E-state index < -0.39 is 11.5 Å². The fourth-order valence-corrected chi connectivity index (χ4v) is 7.23. The van der Waals surface area contributed by atoms with E-state index in [1.54, 1.807) is 23.7 Å². The van der Waals surface area contributed by atoms with Gasteiger partial charge in [0.05, 0.1) is 30.3 Å². The largest absolute Gasteiger partial charge is 0.396 e.